The van der Waals surface area contributed by atoms with Crippen molar-refractivity contribution in [3.05, 3.63) is 60.0 Å². The summed E-state index contributed by atoms with van der Waals surface area (Å²) in [6.45, 7) is 0.536. The van der Waals surface area contributed by atoms with E-state index in [4.69, 9.17) is 14.0 Å². The van der Waals surface area contributed by atoms with Crippen LogP contribution in [-0.4, -0.2) is 22.8 Å². The molecular formula is C17H13N3O4. The highest BCUT2D eigenvalue weighted by atomic mass is 16.7. The lowest BCUT2D eigenvalue weighted by atomic mass is 10.2. The highest BCUT2D eigenvalue weighted by molar-refractivity contribution is 5.89. The smallest absolute Gasteiger partial charge is 0.316 e. The molecule has 1 aromatic heterocycles. The Bertz CT molecular complexity index is 877. The molecule has 0 aliphatic carbocycles. The highest BCUT2D eigenvalue weighted by Gasteiger charge is 2.17. The minimum atomic E-state index is -0.428. The number of benzene rings is 2. The molecule has 1 aliphatic rings. The molecule has 1 amide bonds. The van der Waals surface area contributed by atoms with Gasteiger partial charge in [-0.1, -0.05) is 41.6 Å². The standard InChI is InChI=1S/C17H13N3O4/c21-16(17-19-15(20-24-17)12-4-2-1-3-5-12)18-9-11-6-7-13-14(8-11)23-10-22-13/h1-8H,9-10H2,(H,18,21). The predicted octanol–water partition coefficient (Wildman–Crippen LogP) is 2.40. The fourth-order valence-corrected chi connectivity index (χ4v) is 2.33. The van der Waals surface area contributed by atoms with E-state index in [1.807, 2.05) is 48.5 Å². The van der Waals surface area contributed by atoms with E-state index in [-0.39, 0.29) is 12.7 Å². The largest absolute Gasteiger partial charge is 0.454 e. The average molecular weight is 323 g/mol. The summed E-state index contributed by atoms with van der Waals surface area (Å²) in [7, 11) is 0. The van der Waals surface area contributed by atoms with Gasteiger partial charge in [-0.05, 0) is 17.7 Å². The molecule has 7 nitrogen and oxygen atoms in total. The van der Waals surface area contributed by atoms with Crippen LogP contribution in [0.1, 0.15) is 16.2 Å². The van der Waals surface area contributed by atoms with Crippen molar-refractivity contribution in [2.24, 2.45) is 0 Å². The van der Waals surface area contributed by atoms with Crippen molar-refractivity contribution in [1.82, 2.24) is 15.5 Å². The number of rotatable bonds is 4. The van der Waals surface area contributed by atoms with Gasteiger partial charge in [-0.15, -0.1) is 0 Å². The van der Waals surface area contributed by atoms with Crippen LogP contribution >= 0.6 is 0 Å². The van der Waals surface area contributed by atoms with Gasteiger partial charge in [0.25, 0.3) is 0 Å². The molecular weight excluding hydrogens is 310 g/mol. The van der Waals surface area contributed by atoms with Gasteiger partial charge in [0.05, 0.1) is 0 Å². The summed E-state index contributed by atoms with van der Waals surface area (Å²) in [6, 6.07) is 14.8. The summed E-state index contributed by atoms with van der Waals surface area (Å²) < 4.78 is 15.6. The van der Waals surface area contributed by atoms with E-state index in [0.29, 0.717) is 23.9 Å². The van der Waals surface area contributed by atoms with Crippen LogP contribution in [0, 0.1) is 0 Å². The molecule has 24 heavy (non-hydrogen) atoms. The lowest BCUT2D eigenvalue weighted by Crippen LogP contribution is -2.23. The Hall–Kier alpha value is -3.35. The second-order valence-electron chi connectivity index (χ2n) is 5.16. The normalized spacial score (nSPS) is 12.2. The first kappa shape index (κ1) is 14.3. The number of carbonyl (C=O) groups is 1. The van der Waals surface area contributed by atoms with Crippen molar-refractivity contribution < 1.29 is 18.8 Å². The maximum Gasteiger partial charge on any atom is 0.316 e. The van der Waals surface area contributed by atoms with Crippen molar-refractivity contribution in [2.45, 2.75) is 6.54 Å². The number of amides is 1. The summed E-state index contributed by atoms with van der Waals surface area (Å²) >= 11 is 0. The van der Waals surface area contributed by atoms with Crippen LogP contribution in [0.2, 0.25) is 0 Å². The van der Waals surface area contributed by atoms with E-state index >= 15 is 0 Å². The van der Waals surface area contributed by atoms with Gasteiger partial charge in [-0.25, -0.2) is 0 Å². The monoisotopic (exact) mass is 323 g/mol. The molecule has 0 spiro atoms. The van der Waals surface area contributed by atoms with Gasteiger partial charge < -0.3 is 19.3 Å². The third kappa shape index (κ3) is 2.79. The second-order valence-corrected chi connectivity index (χ2v) is 5.16. The van der Waals surface area contributed by atoms with Crippen molar-refractivity contribution >= 4 is 5.91 Å². The zero-order valence-electron chi connectivity index (χ0n) is 12.6. The van der Waals surface area contributed by atoms with Gasteiger partial charge >= 0.3 is 11.8 Å². The Balaban J connectivity index is 1.42. The summed E-state index contributed by atoms with van der Waals surface area (Å²) in [6.07, 6.45) is 0. The summed E-state index contributed by atoms with van der Waals surface area (Å²) in [5.41, 5.74) is 1.67. The molecule has 0 unspecified atom stereocenters. The molecule has 1 N–H and O–H groups in total. The third-order valence-electron chi connectivity index (χ3n) is 3.54. The number of hydrogen-bond donors (Lipinski definition) is 1. The van der Waals surface area contributed by atoms with Gasteiger partial charge in [0.1, 0.15) is 0 Å². The lowest BCUT2D eigenvalue weighted by Gasteiger charge is -2.03. The van der Waals surface area contributed by atoms with Crippen LogP contribution in [0.25, 0.3) is 11.4 Å². The van der Waals surface area contributed by atoms with E-state index < -0.39 is 5.91 Å². The first-order chi connectivity index (χ1) is 11.8. The Kier molecular flexibility index (Phi) is 3.59. The van der Waals surface area contributed by atoms with Crippen LogP contribution in [0.4, 0.5) is 0 Å². The van der Waals surface area contributed by atoms with Crippen LogP contribution in [0.3, 0.4) is 0 Å². The minimum Gasteiger partial charge on any atom is -0.454 e. The molecule has 0 saturated carbocycles. The first-order valence-corrected chi connectivity index (χ1v) is 7.35. The van der Waals surface area contributed by atoms with E-state index in [1.165, 1.54) is 0 Å². The van der Waals surface area contributed by atoms with Gasteiger partial charge in [0, 0.05) is 12.1 Å². The fraction of sp³-hybridized carbons (Fsp3) is 0.118. The maximum atomic E-state index is 12.1. The number of fused-ring (bicyclic) bond motifs is 1. The number of aromatic nitrogens is 2. The molecule has 120 valence electrons. The van der Waals surface area contributed by atoms with Crippen LogP contribution < -0.4 is 14.8 Å². The van der Waals surface area contributed by atoms with E-state index in [9.17, 15) is 4.79 Å². The van der Waals surface area contributed by atoms with Crippen LogP contribution in [0.5, 0.6) is 11.5 Å². The van der Waals surface area contributed by atoms with Crippen LogP contribution in [0.15, 0.2) is 53.1 Å². The molecule has 4 rings (SSSR count). The zero-order valence-corrected chi connectivity index (χ0v) is 12.6. The average Bonchev–Trinajstić information content (AvgIpc) is 3.29. The quantitative estimate of drug-likeness (QED) is 0.793. The minimum absolute atomic E-state index is 0.0744. The number of carbonyl (C=O) groups excluding carboxylic acids is 1. The molecule has 7 heteroatoms. The number of nitrogens with one attached hydrogen (secondary N) is 1. The predicted molar refractivity (Wildman–Crippen MR) is 83.5 cm³/mol. The Morgan fingerprint density at radius 1 is 1.08 bits per heavy atom. The van der Waals surface area contributed by atoms with Gasteiger partial charge in [-0.3, -0.25) is 4.79 Å². The summed E-state index contributed by atoms with van der Waals surface area (Å²) in [5, 5.41) is 6.57. The lowest BCUT2D eigenvalue weighted by molar-refractivity contribution is 0.0907. The Morgan fingerprint density at radius 3 is 2.79 bits per heavy atom. The van der Waals surface area contributed by atoms with Crippen molar-refractivity contribution in [2.75, 3.05) is 6.79 Å². The van der Waals surface area contributed by atoms with Crippen molar-refractivity contribution in [1.29, 1.82) is 0 Å². The fourth-order valence-electron chi connectivity index (χ4n) is 2.33. The molecule has 0 radical (unpaired) electrons. The molecule has 0 fully saturated rings. The summed E-state index contributed by atoms with van der Waals surface area (Å²) in [4.78, 5) is 16.2. The SMILES string of the molecule is O=C(NCc1ccc2c(c1)OCO2)c1nc(-c2ccccc2)no1. The molecule has 1 aliphatic heterocycles. The van der Waals surface area contributed by atoms with Gasteiger partial charge in [0.2, 0.25) is 12.6 Å². The molecule has 2 heterocycles. The Labute approximate surface area is 137 Å². The second kappa shape index (κ2) is 6.04. The third-order valence-corrected chi connectivity index (χ3v) is 3.54. The molecule has 0 bridgehead atoms. The van der Waals surface area contributed by atoms with E-state index in [1.54, 1.807) is 0 Å². The van der Waals surface area contributed by atoms with E-state index in [2.05, 4.69) is 15.5 Å². The first-order valence-electron chi connectivity index (χ1n) is 7.35. The molecule has 2 aromatic carbocycles. The zero-order chi connectivity index (χ0) is 16.4. The topological polar surface area (TPSA) is 86.5 Å². The number of nitrogens with zero attached hydrogens (tertiary/aromatic N) is 2. The molecule has 3 aromatic rings. The molecule has 0 atom stereocenters. The van der Waals surface area contributed by atoms with Crippen molar-refractivity contribution in [3.8, 4) is 22.9 Å². The van der Waals surface area contributed by atoms with Gasteiger partial charge in [0.15, 0.2) is 11.5 Å². The van der Waals surface area contributed by atoms with Crippen LogP contribution in [-0.2, 0) is 6.54 Å². The Morgan fingerprint density at radius 2 is 1.92 bits per heavy atom. The van der Waals surface area contributed by atoms with Gasteiger partial charge in [-0.2, -0.15) is 4.98 Å². The number of hydrogen-bond acceptors (Lipinski definition) is 6. The summed E-state index contributed by atoms with van der Waals surface area (Å²) in [5.74, 6) is 1.25. The van der Waals surface area contributed by atoms with E-state index in [0.717, 1.165) is 11.1 Å². The molecule has 0 saturated heterocycles. The maximum absolute atomic E-state index is 12.1. The number of ether oxygens (including phenoxy) is 2. The van der Waals surface area contributed by atoms with Crippen molar-refractivity contribution in [3.63, 3.8) is 0 Å². The highest BCUT2D eigenvalue weighted by Crippen LogP contribution is 2.32.